The van der Waals surface area contributed by atoms with Crippen LogP contribution in [-0.4, -0.2) is 41.1 Å². The molecule has 4 heteroatoms. The van der Waals surface area contributed by atoms with Crippen molar-refractivity contribution < 1.29 is 9.59 Å². The van der Waals surface area contributed by atoms with Crippen LogP contribution in [0.25, 0.3) is 0 Å². The van der Waals surface area contributed by atoms with Crippen molar-refractivity contribution in [3.63, 3.8) is 0 Å². The van der Waals surface area contributed by atoms with Crippen molar-refractivity contribution in [3.05, 3.63) is 82.6 Å². The fourth-order valence-electron chi connectivity index (χ4n) is 3.50. The third-order valence-corrected chi connectivity index (χ3v) is 5.68. The summed E-state index contributed by atoms with van der Waals surface area (Å²) in [7, 11) is 0. The molecular formula is C21H19NO2S. The second-order valence-electron chi connectivity index (χ2n) is 6.29. The average Bonchev–Trinajstić information content (AvgIpc) is 2.68. The van der Waals surface area contributed by atoms with E-state index in [1.807, 2.05) is 54.2 Å². The Morgan fingerprint density at radius 3 is 2.08 bits per heavy atom. The molecule has 0 N–H and O–H groups in total. The van der Waals surface area contributed by atoms with Gasteiger partial charge in [0.05, 0.1) is 5.70 Å². The summed E-state index contributed by atoms with van der Waals surface area (Å²) in [6, 6.07) is 17.1. The van der Waals surface area contributed by atoms with Crippen LogP contribution in [0.3, 0.4) is 0 Å². The summed E-state index contributed by atoms with van der Waals surface area (Å²) >= 11 is 1.90. The smallest absolute Gasteiger partial charge is 0.210 e. The van der Waals surface area contributed by atoms with Gasteiger partial charge in [0.25, 0.3) is 0 Å². The molecule has 0 spiro atoms. The van der Waals surface area contributed by atoms with E-state index in [-0.39, 0.29) is 11.6 Å². The van der Waals surface area contributed by atoms with Crippen molar-refractivity contribution >= 4 is 23.3 Å². The third-order valence-electron chi connectivity index (χ3n) is 4.74. The summed E-state index contributed by atoms with van der Waals surface area (Å²) < 4.78 is 0. The van der Waals surface area contributed by atoms with Crippen LogP contribution in [0.2, 0.25) is 0 Å². The first-order chi connectivity index (χ1) is 12.3. The van der Waals surface area contributed by atoms with E-state index >= 15 is 0 Å². The van der Waals surface area contributed by atoms with Crippen LogP contribution in [0.5, 0.6) is 0 Å². The number of carbonyl (C=O) groups is 2. The molecule has 126 valence electrons. The van der Waals surface area contributed by atoms with Gasteiger partial charge in [-0.1, -0.05) is 54.6 Å². The highest BCUT2D eigenvalue weighted by Crippen LogP contribution is 2.31. The molecule has 0 saturated carbocycles. The predicted molar refractivity (Wildman–Crippen MR) is 101 cm³/mol. The van der Waals surface area contributed by atoms with Crippen LogP contribution < -0.4 is 0 Å². The lowest BCUT2D eigenvalue weighted by molar-refractivity contribution is 0.0941. The Kier molecular flexibility index (Phi) is 4.45. The summed E-state index contributed by atoms with van der Waals surface area (Å²) in [5.74, 6) is 1.97. The highest BCUT2D eigenvalue weighted by molar-refractivity contribution is 7.99. The lowest BCUT2D eigenvalue weighted by atomic mass is 9.84. The van der Waals surface area contributed by atoms with Crippen molar-refractivity contribution in [1.82, 2.24) is 4.90 Å². The molecule has 0 amide bonds. The topological polar surface area (TPSA) is 37.4 Å². The maximum Gasteiger partial charge on any atom is 0.210 e. The van der Waals surface area contributed by atoms with E-state index in [0.717, 1.165) is 30.2 Å². The van der Waals surface area contributed by atoms with Gasteiger partial charge in [0, 0.05) is 47.7 Å². The van der Waals surface area contributed by atoms with Gasteiger partial charge in [0.15, 0.2) is 5.78 Å². The normalized spacial score (nSPS) is 17.7. The molecular weight excluding hydrogens is 330 g/mol. The van der Waals surface area contributed by atoms with Crippen LogP contribution in [0.15, 0.2) is 65.9 Å². The van der Waals surface area contributed by atoms with Crippen molar-refractivity contribution in [1.29, 1.82) is 0 Å². The fourth-order valence-corrected chi connectivity index (χ4v) is 4.40. The van der Waals surface area contributed by atoms with Gasteiger partial charge in [0.2, 0.25) is 5.78 Å². The highest BCUT2D eigenvalue weighted by Gasteiger charge is 2.35. The molecule has 1 aliphatic heterocycles. The number of allylic oxidation sites excluding steroid dienone is 2. The van der Waals surface area contributed by atoms with Crippen LogP contribution in [0.4, 0.5) is 0 Å². The standard InChI is InChI=1S/C21H19NO2S/c23-20-16-8-4-5-9-17(16)21(24)19(22-10-12-25-13-11-22)18(20)14-15-6-2-1-3-7-15/h1-9H,10-14H2. The number of nitrogens with zero attached hydrogens (tertiary/aromatic N) is 1. The van der Waals surface area contributed by atoms with E-state index in [4.69, 9.17) is 0 Å². The number of fused-ring (bicyclic) bond motifs is 1. The molecule has 1 aliphatic carbocycles. The molecule has 2 aromatic carbocycles. The van der Waals surface area contributed by atoms with E-state index in [0.29, 0.717) is 28.8 Å². The zero-order valence-corrected chi connectivity index (χ0v) is 14.7. The number of Topliss-reactive ketones (excluding diaryl/α,β-unsaturated/α-hetero) is 2. The Morgan fingerprint density at radius 2 is 1.40 bits per heavy atom. The van der Waals surface area contributed by atoms with Gasteiger partial charge in [-0.25, -0.2) is 0 Å². The quantitative estimate of drug-likeness (QED) is 0.848. The van der Waals surface area contributed by atoms with Crippen LogP contribution in [-0.2, 0) is 6.42 Å². The van der Waals surface area contributed by atoms with Crippen molar-refractivity contribution in [2.24, 2.45) is 0 Å². The van der Waals surface area contributed by atoms with Crippen LogP contribution in [0, 0.1) is 0 Å². The first-order valence-corrected chi connectivity index (χ1v) is 9.69. The van der Waals surface area contributed by atoms with Gasteiger partial charge in [-0.05, 0) is 5.56 Å². The minimum atomic E-state index is -0.00715. The van der Waals surface area contributed by atoms with Crippen LogP contribution in [0.1, 0.15) is 26.3 Å². The monoisotopic (exact) mass is 349 g/mol. The summed E-state index contributed by atoms with van der Waals surface area (Å²) in [6.45, 7) is 1.64. The first-order valence-electron chi connectivity index (χ1n) is 8.54. The maximum atomic E-state index is 13.2. The molecule has 1 heterocycles. The minimum Gasteiger partial charge on any atom is -0.366 e. The molecule has 2 aromatic rings. The Hall–Kier alpha value is -2.33. The molecule has 1 fully saturated rings. The summed E-state index contributed by atoms with van der Waals surface area (Å²) in [5.41, 5.74) is 3.39. The average molecular weight is 349 g/mol. The second kappa shape index (κ2) is 6.89. The molecule has 4 rings (SSSR count). The van der Waals surface area contributed by atoms with Gasteiger partial charge >= 0.3 is 0 Å². The van der Waals surface area contributed by atoms with Crippen LogP contribution >= 0.6 is 11.8 Å². The summed E-state index contributed by atoms with van der Waals surface area (Å²) in [5, 5.41) is 0. The predicted octanol–water partition coefficient (Wildman–Crippen LogP) is 3.61. The van der Waals surface area contributed by atoms with Crippen molar-refractivity contribution in [3.8, 4) is 0 Å². The van der Waals surface area contributed by atoms with Gasteiger partial charge in [-0.15, -0.1) is 0 Å². The maximum absolute atomic E-state index is 13.2. The van der Waals surface area contributed by atoms with Crippen molar-refractivity contribution in [2.45, 2.75) is 6.42 Å². The molecule has 0 atom stereocenters. The van der Waals surface area contributed by atoms with Gasteiger partial charge < -0.3 is 4.90 Å². The summed E-state index contributed by atoms with van der Waals surface area (Å²) in [6.07, 6.45) is 0.499. The number of hydrogen-bond acceptors (Lipinski definition) is 4. The lowest BCUT2D eigenvalue weighted by Gasteiger charge is -2.34. The zero-order chi connectivity index (χ0) is 17.2. The van der Waals surface area contributed by atoms with E-state index in [9.17, 15) is 9.59 Å². The largest absolute Gasteiger partial charge is 0.366 e. The first kappa shape index (κ1) is 16.2. The second-order valence-corrected chi connectivity index (χ2v) is 7.52. The Labute approximate surface area is 151 Å². The Morgan fingerprint density at radius 1 is 0.800 bits per heavy atom. The van der Waals surface area contributed by atoms with E-state index < -0.39 is 0 Å². The van der Waals surface area contributed by atoms with E-state index in [1.54, 1.807) is 12.1 Å². The number of thioether (sulfide) groups is 1. The van der Waals surface area contributed by atoms with Gasteiger partial charge in [-0.2, -0.15) is 11.8 Å². The highest BCUT2D eigenvalue weighted by atomic mass is 32.2. The number of carbonyl (C=O) groups excluding carboxylic acids is 2. The third kappa shape index (κ3) is 3.02. The number of hydrogen-bond donors (Lipinski definition) is 0. The Bertz CT molecular complexity index is 851. The van der Waals surface area contributed by atoms with Gasteiger partial charge in [0.1, 0.15) is 0 Å². The van der Waals surface area contributed by atoms with Crippen molar-refractivity contribution in [2.75, 3.05) is 24.6 Å². The molecule has 0 radical (unpaired) electrons. The molecule has 2 aliphatic rings. The molecule has 3 nitrogen and oxygen atoms in total. The zero-order valence-electron chi connectivity index (χ0n) is 13.9. The molecule has 0 bridgehead atoms. The fraction of sp³-hybridized carbons (Fsp3) is 0.238. The van der Waals surface area contributed by atoms with E-state index in [1.165, 1.54) is 0 Å². The Balaban J connectivity index is 1.82. The number of rotatable bonds is 3. The number of benzene rings is 2. The summed E-state index contributed by atoms with van der Waals surface area (Å²) in [4.78, 5) is 28.5. The molecule has 1 saturated heterocycles. The molecule has 0 unspecified atom stereocenters. The minimum absolute atomic E-state index is 0.00645. The van der Waals surface area contributed by atoms with E-state index in [2.05, 4.69) is 4.90 Å². The lowest BCUT2D eigenvalue weighted by Crippen LogP contribution is -2.39. The number of ketones is 2. The molecule has 25 heavy (non-hydrogen) atoms. The molecule has 0 aromatic heterocycles. The van der Waals surface area contributed by atoms with Gasteiger partial charge in [-0.3, -0.25) is 9.59 Å². The SMILES string of the molecule is O=C1C(Cc2ccccc2)=C(N2CCSCC2)C(=O)c2ccccc21.